The summed E-state index contributed by atoms with van der Waals surface area (Å²) >= 11 is 14.2. The first kappa shape index (κ1) is 8.74. The van der Waals surface area contributed by atoms with E-state index < -0.39 is 5.78 Å². The third-order valence-electron chi connectivity index (χ3n) is 1.66. The van der Waals surface area contributed by atoms with Gasteiger partial charge in [-0.25, -0.2) is 4.99 Å². The molecule has 1 aliphatic heterocycles. The SMILES string of the molecule is S=S1(S)(S)C=Nc2ccccc21. The van der Waals surface area contributed by atoms with Crippen molar-refractivity contribution in [2.45, 2.75) is 4.90 Å². The van der Waals surface area contributed by atoms with E-state index >= 15 is 0 Å². The number of benzene rings is 1. The van der Waals surface area contributed by atoms with Crippen LogP contribution in [-0.4, -0.2) is 5.55 Å². The fraction of sp³-hybridized carbons (Fsp3) is 0. The lowest BCUT2D eigenvalue weighted by Crippen LogP contribution is -2.12. The maximum Gasteiger partial charge on any atom is 0.0778 e. The Labute approximate surface area is 85.4 Å². The van der Waals surface area contributed by atoms with Crippen molar-refractivity contribution in [3.63, 3.8) is 0 Å². The predicted octanol–water partition coefficient (Wildman–Crippen LogP) is 2.56. The Kier molecular flexibility index (Phi) is 1.71. The smallest absolute Gasteiger partial charge is 0.0778 e. The van der Waals surface area contributed by atoms with E-state index in [0.717, 1.165) is 10.6 Å². The first-order chi connectivity index (χ1) is 5.47. The van der Waals surface area contributed by atoms with Gasteiger partial charge in [0.05, 0.1) is 11.2 Å². The second-order valence-corrected chi connectivity index (χ2v) is 14.1. The molecule has 5 heteroatoms. The average Bonchev–Trinajstić information content (AvgIpc) is 2.25. The van der Waals surface area contributed by atoms with E-state index in [4.69, 9.17) is 11.2 Å². The van der Waals surface area contributed by atoms with Crippen LogP contribution in [0.2, 0.25) is 0 Å². The van der Waals surface area contributed by atoms with E-state index in [2.05, 4.69) is 28.3 Å². The lowest BCUT2D eigenvalue weighted by Gasteiger charge is -2.26. The van der Waals surface area contributed by atoms with Gasteiger partial charge >= 0.3 is 0 Å². The van der Waals surface area contributed by atoms with E-state index in [1.165, 1.54) is 0 Å². The maximum atomic E-state index is 5.36. The fourth-order valence-corrected chi connectivity index (χ4v) is 4.12. The summed E-state index contributed by atoms with van der Waals surface area (Å²) in [7, 11) is 0. The van der Waals surface area contributed by atoms with Gasteiger partial charge in [0, 0.05) is 4.90 Å². The first-order valence-electron chi connectivity index (χ1n) is 3.28. The van der Waals surface area contributed by atoms with Crippen molar-refractivity contribution in [1.82, 2.24) is 0 Å². The van der Waals surface area contributed by atoms with Gasteiger partial charge in [0.1, 0.15) is 0 Å². The third-order valence-corrected chi connectivity index (χ3v) is 5.86. The summed E-state index contributed by atoms with van der Waals surface area (Å²) in [6.45, 7) is 0. The predicted molar refractivity (Wildman–Crippen MR) is 65.6 cm³/mol. The molecule has 0 aromatic heterocycles. The largest absolute Gasteiger partial charge is 0.248 e. The molecule has 64 valence electrons. The van der Waals surface area contributed by atoms with Crippen LogP contribution in [0.15, 0.2) is 34.2 Å². The quantitative estimate of drug-likeness (QED) is 0.518. The zero-order valence-corrected chi connectivity index (χ0v) is 9.47. The Balaban J connectivity index is 2.82. The van der Waals surface area contributed by atoms with Gasteiger partial charge in [0.2, 0.25) is 0 Å². The van der Waals surface area contributed by atoms with Crippen molar-refractivity contribution in [3.8, 4) is 0 Å². The topological polar surface area (TPSA) is 12.4 Å². The molecule has 0 amide bonds. The molecular formula is C7H7NS4. The van der Waals surface area contributed by atoms with Crippen molar-refractivity contribution in [1.29, 1.82) is 0 Å². The zero-order chi connectivity index (χ0) is 8.84. The lowest BCUT2D eigenvalue weighted by atomic mass is 10.3. The van der Waals surface area contributed by atoms with E-state index in [-0.39, 0.29) is 0 Å². The van der Waals surface area contributed by atoms with E-state index in [1.54, 1.807) is 5.55 Å². The number of aliphatic imine (C=N–C) groups is 1. The van der Waals surface area contributed by atoms with Crippen LogP contribution in [0.1, 0.15) is 0 Å². The Morgan fingerprint density at radius 3 is 2.58 bits per heavy atom. The summed E-state index contributed by atoms with van der Waals surface area (Å²) in [5.74, 6) is -2.50. The molecule has 1 aromatic rings. The molecule has 0 unspecified atom stereocenters. The van der Waals surface area contributed by atoms with Crippen molar-refractivity contribution in [2.75, 3.05) is 0 Å². The summed E-state index contributed by atoms with van der Waals surface area (Å²) in [5, 5.41) is 0. The summed E-state index contributed by atoms with van der Waals surface area (Å²) in [4.78, 5) is 5.16. The van der Waals surface area contributed by atoms with E-state index in [1.807, 2.05) is 24.3 Å². The molecule has 0 bridgehead atoms. The molecule has 2 rings (SSSR count). The summed E-state index contributed by atoms with van der Waals surface area (Å²) in [5.41, 5.74) is 2.59. The molecule has 0 aliphatic carbocycles. The molecule has 0 radical (unpaired) electrons. The summed E-state index contributed by atoms with van der Waals surface area (Å²) in [6, 6.07) is 7.73. The highest BCUT2D eigenvalue weighted by Crippen LogP contribution is 2.51. The van der Waals surface area contributed by atoms with Crippen LogP contribution in [0.4, 0.5) is 5.69 Å². The molecule has 12 heavy (non-hydrogen) atoms. The van der Waals surface area contributed by atoms with Gasteiger partial charge in [0.25, 0.3) is 0 Å². The number of rotatable bonds is 0. The van der Waals surface area contributed by atoms with Crippen LogP contribution < -0.4 is 0 Å². The second-order valence-electron chi connectivity index (χ2n) is 2.62. The molecular weight excluding hydrogens is 226 g/mol. The van der Waals surface area contributed by atoms with Crippen molar-refractivity contribution >= 4 is 51.5 Å². The monoisotopic (exact) mass is 233 g/mol. The Morgan fingerprint density at radius 2 is 1.92 bits per heavy atom. The minimum Gasteiger partial charge on any atom is -0.248 e. The van der Waals surface area contributed by atoms with Crippen LogP contribution in [0, 0.1) is 0 Å². The van der Waals surface area contributed by atoms with Crippen LogP contribution in [0.3, 0.4) is 0 Å². The summed E-state index contributed by atoms with van der Waals surface area (Å²) in [6.07, 6.45) is 0. The normalized spacial score (nSPS) is 25.7. The van der Waals surface area contributed by atoms with Crippen molar-refractivity contribution < 1.29 is 0 Å². The number of hydrogen-bond donors (Lipinski definition) is 2. The number of thiol groups is 2. The summed E-state index contributed by atoms with van der Waals surface area (Å²) < 4.78 is 0. The van der Waals surface area contributed by atoms with Crippen LogP contribution in [0.25, 0.3) is 0 Å². The van der Waals surface area contributed by atoms with Crippen LogP contribution in [-0.2, 0) is 17.0 Å². The van der Waals surface area contributed by atoms with E-state index in [9.17, 15) is 0 Å². The Hall–Kier alpha value is 0.160. The van der Waals surface area contributed by atoms with E-state index in [0.29, 0.717) is 0 Å². The van der Waals surface area contributed by atoms with Gasteiger partial charge in [-0.1, -0.05) is 17.9 Å². The standard InChI is InChI=1S/C7H7NS4/c9-12(10,11)5-8-6-3-1-2-4-7(6)12/h1-5H,(H2,9,10,11). The third kappa shape index (κ3) is 1.25. The van der Waals surface area contributed by atoms with Crippen molar-refractivity contribution in [2.24, 2.45) is 4.99 Å². The van der Waals surface area contributed by atoms with Crippen LogP contribution in [0.5, 0.6) is 0 Å². The molecule has 0 saturated heterocycles. The Morgan fingerprint density at radius 1 is 1.25 bits per heavy atom. The van der Waals surface area contributed by atoms with Gasteiger partial charge in [-0.3, -0.25) is 0 Å². The maximum absolute atomic E-state index is 5.36. The van der Waals surface area contributed by atoms with Gasteiger partial charge in [0.15, 0.2) is 0 Å². The fourth-order valence-electron chi connectivity index (χ4n) is 1.10. The molecule has 1 aromatic carbocycles. The molecule has 0 fully saturated rings. The molecule has 1 heterocycles. The molecule has 0 saturated carbocycles. The Bertz CT molecular complexity index is 429. The highest BCUT2D eigenvalue weighted by molar-refractivity contribution is 9.24. The number of nitrogens with zero attached hydrogens (tertiary/aromatic N) is 1. The number of para-hydroxylation sites is 1. The van der Waals surface area contributed by atoms with Gasteiger partial charge in [-0.2, -0.15) is 0 Å². The molecule has 1 aliphatic rings. The van der Waals surface area contributed by atoms with Crippen molar-refractivity contribution in [3.05, 3.63) is 24.3 Å². The molecule has 0 spiro atoms. The highest BCUT2D eigenvalue weighted by atomic mass is 33.7. The molecule has 0 atom stereocenters. The number of fused-ring (bicyclic) bond motifs is 1. The van der Waals surface area contributed by atoms with Gasteiger partial charge in [-0.05, 0) is 23.3 Å². The second kappa shape index (κ2) is 2.35. The lowest BCUT2D eigenvalue weighted by molar-refractivity contribution is 1.41. The minimum atomic E-state index is -2.50. The number of hydrogen-bond acceptors (Lipinski definition) is 2. The van der Waals surface area contributed by atoms with Gasteiger partial charge in [-0.15, -0.1) is 23.3 Å². The highest BCUT2D eigenvalue weighted by Gasteiger charge is 2.30. The van der Waals surface area contributed by atoms with Gasteiger partial charge < -0.3 is 0 Å². The molecule has 1 nitrogen and oxygen atoms in total. The molecule has 0 N–H and O–H groups in total. The zero-order valence-electron chi connectivity index (χ0n) is 6.04. The van der Waals surface area contributed by atoms with Crippen LogP contribution >= 0.6 is 23.3 Å². The average molecular weight is 233 g/mol. The minimum absolute atomic E-state index is 0.902. The first-order valence-corrected chi connectivity index (χ1v) is 8.41.